The zero-order valence-corrected chi connectivity index (χ0v) is 17.5. The number of anilines is 2. The van der Waals surface area contributed by atoms with Crippen LogP contribution in [0.3, 0.4) is 0 Å². The van der Waals surface area contributed by atoms with Gasteiger partial charge >= 0.3 is 6.03 Å². The van der Waals surface area contributed by atoms with Crippen molar-refractivity contribution in [3.63, 3.8) is 0 Å². The van der Waals surface area contributed by atoms with Crippen molar-refractivity contribution in [3.8, 4) is 5.75 Å². The van der Waals surface area contributed by atoms with Gasteiger partial charge in [0, 0.05) is 51.2 Å². The summed E-state index contributed by atoms with van der Waals surface area (Å²) >= 11 is 0. The summed E-state index contributed by atoms with van der Waals surface area (Å²) in [7, 11) is 3.18. The first-order valence-electron chi connectivity index (χ1n) is 10.0. The second-order valence-corrected chi connectivity index (χ2v) is 7.09. The van der Waals surface area contributed by atoms with Gasteiger partial charge in [-0.05, 0) is 42.7 Å². The maximum atomic E-state index is 13.0. The molecule has 0 aliphatic carbocycles. The number of pyridine rings is 1. The summed E-state index contributed by atoms with van der Waals surface area (Å²) in [6, 6.07) is 8.84. The van der Waals surface area contributed by atoms with Gasteiger partial charge in [0.05, 0.1) is 19.4 Å². The van der Waals surface area contributed by atoms with Crippen molar-refractivity contribution in [2.75, 3.05) is 44.1 Å². The summed E-state index contributed by atoms with van der Waals surface area (Å²) in [5.41, 5.74) is 2.21. The number of rotatable bonds is 8. The quantitative estimate of drug-likeness (QED) is 0.719. The molecule has 0 radical (unpaired) electrons. The molecule has 2 aromatic rings. The van der Waals surface area contributed by atoms with Crippen LogP contribution in [-0.4, -0.2) is 55.7 Å². The van der Waals surface area contributed by atoms with E-state index in [9.17, 15) is 9.59 Å². The maximum absolute atomic E-state index is 13.0. The molecule has 2 heterocycles. The number of ether oxygens (including phenoxy) is 2. The number of nitrogens with one attached hydrogen (secondary N) is 1. The summed E-state index contributed by atoms with van der Waals surface area (Å²) in [5, 5.41) is 2.93. The molecular formula is C22H28N4O4. The highest BCUT2D eigenvalue weighted by Crippen LogP contribution is 2.33. The van der Waals surface area contributed by atoms with Gasteiger partial charge in [-0.15, -0.1) is 0 Å². The van der Waals surface area contributed by atoms with E-state index < -0.39 is 0 Å². The Morgan fingerprint density at radius 2 is 2.13 bits per heavy atom. The Balaban J connectivity index is 1.77. The Morgan fingerprint density at radius 3 is 2.83 bits per heavy atom. The van der Waals surface area contributed by atoms with Gasteiger partial charge in [0.2, 0.25) is 5.91 Å². The predicted octanol–water partition coefficient (Wildman–Crippen LogP) is 3.29. The Kier molecular flexibility index (Phi) is 7.62. The summed E-state index contributed by atoms with van der Waals surface area (Å²) in [6.45, 7) is 1.92. The number of urea groups is 1. The monoisotopic (exact) mass is 412 g/mol. The topological polar surface area (TPSA) is 84.0 Å². The van der Waals surface area contributed by atoms with E-state index in [1.54, 1.807) is 54.6 Å². The number of amides is 3. The first kappa shape index (κ1) is 21.6. The lowest BCUT2D eigenvalue weighted by molar-refractivity contribution is -0.119. The van der Waals surface area contributed by atoms with E-state index in [0.29, 0.717) is 49.8 Å². The van der Waals surface area contributed by atoms with E-state index in [1.165, 1.54) is 0 Å². The largest absolute Gasteiger partial charge is 0.495 e. The molecule has 0 atom stereocenters. The van der Waals surface area contributed by atoms with Crippen molar-refractivity contribution in [2.24, 2.45) is 0 Å². The van der Waals surface area contributed by atoms with Crippen molar-refractivity contribution in [1.29, 1.82) is 0 Å². The lowest BCUT2D eigenvalue weighted by Gasteiger charge is -2.29. The molecule has 8 nitrogen and oxygen atoms in total. The molecule has 0 saturated carbocycles. The molecule has 8 heteroatoms. The molecule has 1 aromatic carbocycles. The second-order valence-electron chi connectivity index (χ2n) is 7.09. The summed E-state index contributed by atoms with van der Waals surface area (Å²) in [5.74, 6) is 0.677. The van der Waals surface area contributed by atoms with Crippen molar-refractivity contribution in [1.82, 2.24) is 9.88 Å². The van der Waals surface area contributed by atoms with Crippen LogP contribution in [0.4, 0.5) is 16.2 Å². The molecule has 0 spiro atoms. The van der Waals surface area contributed by atoms with Gasteiger partial charge in [-0.2, -0.15) is 0 Å². The highest BCUT2D eigenvalue weighted by molar-refractivity contribution is 5.97. The van der Waals surface area contributed by atoms with Crippen molar-refractivity contribution < 1.29 is 19.1 Å². The van der Waals surface area contributed by atoms with Gasteiger partial charge in [-0.25, -0.2) is 4.79 Å². The third-order valence-corrected chi connectivity index (χ3v) is 4.99. The minimum atomic E-state index is -0.253. The van der Waals surface area contributed by atoms with E-state index in [2.05, 4.69) is 10.3 Å². The Bertz CT molecular complexity index is 859. The average molecular weight is 412 g/mol. The molecule has 0 unspecified atom stereocenters. The normalized spacial score (nSPS) is 13.8. The lowest BCUT2D eigenvalue weighted by atomic mass is 10.1. The highest BCUT2D eigenvalue weighted by atomic mass is 16.5. The van der Waals surface area contributed by atoms with Crippen LogP contribution in [-0.2, 0) is 16.1 Å². The molecule has 0 bridgehead atoms. The molecule has 30 heavy (non-hydrogen) atoms. The summed E-state index contributed by atoms with van der Waals surface area (Å²) in [4.78, 5) is 32.8. The average Bonchev–Trinajstić information content (AvgIpc) is 2.77. The Hall–Kier alpha value is -3.13. The molecule has 1 aromatic heterocycles. The molecule has 3 amide bonds. The van der Waals surface area contributed by atoms with Gasteiger partial charge in [-0.3, -0.25) is 9.78 Å². The van der Waals surface area contributed by atoms with Crippen molar-refractivity contribution in [2.45, 2.75) is 25.8 Å². The van der Waals surface area contributed by atoms with E-state index in [0.717, 1.165) is 18.4 Å². The van der Waals surface area contributed by atoms with Crippen LogP contribution >= 0.6 is 0 Å². The first-order valence-corrected chi connectivity index (χ1v) is 10.0. The molecule has 1 saturated heterocycles. The zero-order chi connectivity index (χ0) is 21.3. The smallest absolute Gasteiger partial charge is 0.322 e. The maximum Gasteiger partial charge on any atom is 0.322 e. The number of aromatic nitrogens is 1. The standard InChI is InChI=1S/C22H28N4O4/c1-29-13-12-25(16-17-6-5-10-23-15-17)22(28)24-18-8-9-20(30-2)19(14-18)26-11-4-3-7-21(26)27/h5-6,8-10,14-15H,3-4,7,11-13,16H2,1-2H3,(H,24,28). The van der Waals surface area contributed by atoms with Crippen LogP contribution in [0.1, 0.15) is 24.8 Å². The van der Waals surface area contributed by atoms with Crippen molar-refractivity contribution in [3.05, 3.63) is 48.3 Å². The van der Waals surface area contributed by atoms with Crippen LogP contribution < -0.4 is 15.0 Å². The molecule has 1 aliphatic heterocycles. The number of piperidine rings is 1. The van der Waals surface area contributed by atoms with E-state index in [1.807, 2.05) is 12.1 Å². The van der Waals surface area contributed by atoms with Gasteiger partial charge < -0.3 is 24.6 Å². The van der Waals surface area contributed by atoms with Gasteiger partial charge in [0.15, 0.2) is 0 Å². The molecular weight excluding hydrogens is 384 g/mol. The number of nitrogens with zero attached hydrogens (tertiary/aromatic N) is 3. The van der Waals surface area contributed by atoms with Crippen LogP contribution in [0.25, 0.3) is 0 Å². The van der Waals surface area contributed by atoms with Gasteiger partial charge in [0.1, 0.15) is 5.75 Å². The Labute approximate surface area is 176 Å². The number of hydrogen-bond acceptors (Lipinski definition) is 5. The van der Waals surface area contributed by atoms with E-state index in [4.69, 9.17) is 9.47 Å². The summed E-state index contributed by atoms with van der Waals surface area (Å²) < 4.78 is 10.6. The van der Waals surface area contributed by atoms with Crippen LogP contribution in [0.15, 0.2) is 42.7 Å². The first-order chi connectivity index (χ1) is 14.6. The summed E-state index contributed by atoms with van der Waals surface area (Å²) in [6.07, 6.45) is 5.80. The third kappa shape index (κ3) is 5.48. The SMILES string of the molecule is COCCN(Cc1cccnc1)C(=O)Nc1ccc(OC)c(N2CCCCC2=O)c1. The minimum absolute atomic E-state index is 0.0707. The Morgan fingerprint density at radius 1 is 1.27 bits per heavy atom. The molecule has 3 rings (SSSR count). The molecule has 160 valence electrons. The van der Waals surface area contributed by atoms with Crippen molar-refractivity contribution >= 4 is 23.3 Å². The second kappa shape index (κ2) is 10.6. The van der Waals surface area contributed by atoms with Crippen LogP contribution in [0.5, 0.6) is 5.75 Å². The number of benzene rings is 1. The molecule has 1 aliphatic rings. The zero-order valence-electron chi connectivity index (χ0n) is 17.5. The molecule has 1 N–H and O–H groups in total. The van der Waals surface area contributed by atoms with Crippen LogP contribution in [0.2, 0.25) is 0 Å². The number of methoxy groups -OCH3 is 2. The number of carbonyl (C=O) groups is 2. The highest BCUT2D eigenvalue weighted by Gasteiger charge is 2.23. The fourth-order valence-electron chi connectivity index (χ4n) is 3.41. The van der Waals surface area contributed by atoms with E-state index in [-0.39, 0.29) is 11.9 Å². The predicted molar refractivity (Wildman–Crippen MR) is 115 cm³/mol. The van der Waals surface area contributed by atoms with Gasteiger partial charge in [-0.1, -0.05) is 6.07 Å². The lowest BCUT2D eigenvalue weighted by Crippen LogP contribution is -2.37. The third-order valence-electron chi connectivity index (χ3n) is 4.99. The molecule has 1 fully saturated rings. The minimum Gasteiger partial charge on any atom is -0.495 e. The number of hydrogen-bond donors (Lipinski definition) is 1. The fraction of sp³-hybridized carbons (Fsp3) is 0.409. The van der Waals surface area contributed by atoms with Crippen LogP contribution in [0, 0.1) is 0 Å². The van der Waals surface area contributed by atoms with Gasteiger partial charge in [0.25, 0.3) is 0 Å². The fourth-order valence-corrected chi connectivity index (χ4v) is 3.41. The number of carbonyl (C=O) groups excluding carboxylic acids is 2. The van der Waals surface area contributed by atoms with E-state index >= 15 is 0 Å².